The third-order valence-corrected chi connectivity index (χ3v) is 12.2. The number of hydrogen-bond donors (Lipinski definition) is 2. The van der Waals surface area contributed by atoms with Gasteiger partial charge in [-0.25, -0.2) is 9.18 Å². The average Bonchev–Trinajstić information content (AvgIpc) is 3.29. The maximum absolute atomic E-state index is 14.4. The van der Waals surface area contributed by atoms with Crippen molar-refractivity contribution in [1.29, 1.82) is 5.26 Å². The van der Waals surface area contributed by atoms with Crippen LogP contribution in [-0.2, 0) is 35.6 Å². The molecule has 0 saturated carbocycles. The van der Waals surface area contributed by atoms with E-state index in [0.717, 1.165) is 27.8 Å². The number of carboxylic acids is 1. The number of aliphatic carboxylic acids is 1. The second-order valence-electron chi connectivity index (χ2n) is 15.4. The number of nitriles is 1. The van der Waals surface area contributed by atoms with Crippen LogP contribution in [0.1, 0.15) is 64.4 Å². The van der Waals surface area contributed by atoms with Gasteiger partial charge in [-0.3, -0.25) is 9.69 Å². The Morgan fingerprint density at radius 3 is 2.31 bits per heavy atom. The van der Waals surface area contributed by atoms with E-state index in [9.17, 15) is 19.1 Å². The molecule has 62 heavy (non-hydrogen) atoms. The van der Waals surface area contributed by atoms with Crippen molar-refractivity contribution in [3.8, 4) is 34.4 Å². The number of carbonyl (C=O) groups excluding carboxylic acids is 1. The fourth-order valence-electron chi connectivity index (χ4n) is 8.14. The normalized spacial score (nSPS) is 16.6. The Morgan fingerprint density at radius 1 is 0.887 bits per heavy atom. The van der Waals surface area contributed by atoms with E-state index in [2.05, 4.69) is 17.1 Å². The Balaban J connectivity index is 0.988. The molecule has 8 rings (SSSR count). The van der Waals surface area contributed by atoms with E-state index in [4.69, 9.17) is 42.7 Å². The van der Waals surface area contributed by atoms with E-state index < -0.39 is 23.9 Å². The van der Waals surface area contributed by atoms with Gasteiger partial charge in [0.25, 0.3) is 0 Å². The van der Waals surface area contributed by atoms with Crippen molar-refractivity contribution in [1.82, 2.24) is 10.2 Å². The quantitative estimate of drug-likeness (QED) is 0.118. The molecule has 0 bridgehead atoms. The summed E-state index contributed by atoms with van der Waals surface area (Å²) in [6, 6.07) is 38.3. The Bertz CT molecular complexity index is 2640. The smallest absolute Gasteiger partial charge is 0.326 e. The molecule has 6 aromatic carbocycles. The fourth-order valence-corrected chi connectivity index (χ4v) is 8.46. The molecule has 0 aromatic heterocycles. The standard InChI is InChI=1S/C50H42Cl2FN3O6/c1-2-44(33-6-4-3-5-7-33)56-27-38-25-47-46(61-29-48(62-47)34-15-17-39(18-16-34)60-28-31-10-19-40(51)41(52)20-31)24-37(38)23-45(56)49(57)55-43(50(58)59)21-30-8-11-32(12-9-30)35-13-14-36(26-54)42(53)22-35/h3-20,22,24-25,43-45,48H,2,21,23,27-29H2,1H3,(H,55,57)(H,58,59)/t43-,44-,45-,48+/m0/s1. The number of carboxylic acid groups (broad SMARTS) is 1. The minimum atomic E-state index is -1.21. The second kappa shape index (κ2) is 18.7. The minimum absolute atomic E-state index is 0.0383. The van der Waals surface area contributed by atoms with Crippen LogP contribution in [-0.4, -0.2) is 40.6 Å². The van der Waals surface area contributed by atoms with Gasteiger partial charge in [0.1, 0.15) is 36.9 Å². The van der Waals surface area contributed by atoms with Crippen LogP contribution >= 0.6 is 23.2 Å². The second-order valence-corrected chi connectivity index (χ2v) is 16.2. The molecule has 6 aromatic rings. The van der Waals surface area contributed by atoms with E-state index >= 15 is 0 Å². The minimum Gasteiger partial charge on any atom is -0.489 e. The van der Waals surface area contributed by atoms with Crippen LogP contribution in [0.15, 0.2) is 127 Å². The zero-order valence-corrected chi connectivity index (χ0v) is 35.2. The highest BCUT2D eigenvalue weighted by atomic mass is 35.5. The summed E-state index contributed by atoms with van der Waals surface area (Å²) in [5.74, 6) is -0.277. The molecule has 0 aliphatic carbocycles. The molecule has 0 radical (unpaired) electrons. The topological polar surface area (TPSA) is 121 Å². The van der Waals surface area contributed by atoms with Crippen LogP contribution in [0.2, 0.25) is 10.0 Å². The molecular weight excluding hydrogens is 828 g/mol. The summed E-state index contributed by atoms with van der Waals surface area (Å²) in [6.07, 6.45) is 0.715. The number of nitrogens with one attached hydrogen (secondary N) is 1. The number of benzene rings is 6. The SMILES string of the molecule is CC[C@@H](c1ccccc1)N1Cc2cc3c(cc2C[C@H]1C(=O)N[C@@H](Cc1ccc(-c2ccc(C#N)c(F)c2)cc1)C(=O)O)OC[C@H](c1ccc(OCc2ccc(Cl)c(Cl)c2)cc1)O3. The Kier molecular flexibility index (Phi) is 12.8. The summed E-state index contributed by atoms with van der Waals surface area (Å²) >= 11 is 12.2. The number of fused-ring (bicyclic) bond motifs is 2. The summed E-state index contributed by atoms with van der Waals surface area (Å²) in [6.45, 7) is 3.11. The van der Waals surface area contributed by atoms with Crippen LogP contribution < -0.4 is 19.5 Å². The largest absolute Gasteiger partial charge is 0.489 e. The predicted octanol–water partition coefficient (Wildman–Crippen LogP) is 10.5. The lowest BCUT2D eigenvalue weighted by molar-refractivity contribution is -0.143. The summed E-state index contributed by atoms with van der Waals surface area (Å²) in [5.41, 5.74) is 6.74. The zero-order chi connectivity index (χ0) is 43.3. The maximum Gasteiger partial charge on any atom is 0.326 e. The van der Waals surface area contributed by atoms with Crippen molar-refractivity contribution >= 4 is 35.1 Å². The molecule has 314 valence electrons. The molecule has 2 aliphatic rings. The molecule has 0 fully saturated rings. The Morgan fingerprint density at radius 2 is 1.61 bits per heavy atom. The zero-order valence-electron chi connectivity index (χ0n) is 33.7. The first kappa shape index (κ1) is 42.3. The van der Waals surface area contributed by atoms with Gasteiger partial charge in [-0.2, -0.15) is 5.26 Å². The summed E-state index contributed by atoms with van der Waals surface area (Å²) in [4.78, 5) is 29.2. The van der Waals surface area contributed by atoms with Crippen molar-refractivity contribution < 1.29 is 33.3 Å². The van der Waals surface area contributed by atoms with Gasteiger partial charge in [0.15, 0.2) is 17.6 Å². The van der Waals surface area contributed by atoms with Crippen molar-refractivity contribution in [2.24, 2.45) is 0 Å². The van der Waals surface area contributed by atoms with Gasteiger partial charge in [0.2, 0.25) is 5.91 Å². The number of halogens is 3. The molecule has 1 amide bonds. The van der Waals surface area contributed by atoms with Gasteiger partial charge in [-0.15, -0.1) is 0 Å². The molecule has 2 aliphatic heterocycles. The first-order valence-corrected chi connectivity index (χ1v) is 21.1. The monoisotopic (exact) mass is 869 g/mol. The number of hydrogen-bond acceptors (Lipinski definition) is 7. The summed E-state index contributed by atoms with van der Waals surface area (Å²) in [5, 5.41) is 23.3. The fraction of sp³-hybridized carbons (Fsp3) is 0.220. The summed E-state index contributed by atoms with van der Waals surface area (Å²) < 4.78 is 33.1. The first-order valence-electron chi connectivity index (χ1n) is 20.3. The van der Waals surface area contributed by atoms with Crippen LogP contribution in [0, 0.1) is 17.1 Å². The van der Waals surface area contributed by atoms with E-state index in [1.54, 1.807) is 42.5 Å². The van der Waals surface area contributed by atoms with Gasteiger partial charge < -0.3 is 24.6 Å². The molecule has 0 spiro atoms. The number of nitrogens with zero attached hydrogens (tertiary/aromatic N) is 2. The van der Waals surface area contributed by atoms with Crippen LogP contribution in [0.5, 0.6) is 17.2 Å². The van der Waals surface area contributed by atoms with E-state index in [0.29, 0.717) is 70.0 Å². The van der Waals surface area contributed by atoms with Crippen LogP contribution in [0.3, 0.4) is 0 Å². The van der Waals surface area contributed by atoms with E-state index in [1.807, 2.05) is 78.9 Å². The van der Waals surface area contributed by atoms with Crippen LogP contribution in [0.4, 0.5) is 4.39 Å². The van der Waals surface area contributed by atoms with Crippen molar-refractivity contribution in [2.45, 2.75) is 63.6 Å². The third-order valence-electron chi connectivity index (χ3n) is 11.4. The van der Waals surface area contributed by atoms with Gasteiger partial charge >= 0.3 is 5.97 Å². The number of carbonyl (C=O) groups is 2. The Labute approximate surface area is 369 Å². The molecule has 0 saturated heterocycles. The van der Waals surface area contributed by atoms with Crippen molar-refractivity contribution in [3.05, 3.63) is 182 Å². The molecule has 2 N–H and O–H groups in total. The van der Waals surface area contributed by atoms with E-state index in [-0.39, 0.29) is 36.6 Å². The van der Waals surface area contributed by atoms with Gasteiger partial charge in [-0.05, 0) is 106 Å². The number of ether oxygens (including phenoxy) is 3. The highest BCUT2D eigenvalue weighted by molar-refractivity contribution is 6.42. The predicted molar refractivity (Wildman–Crippen MR) is 235 cm³/mol. The maximum atomic E-state index is 14.4. The highest BCUT2D eigenvalue weighted by Crippen LogP contribution is 2.43. The average molecular weight is 871 g/mol. The molecular formula is C50H42Cl2FN3O6. The summed E-state index contributed by atoms with van der Waals surface area (Å²) in [7, 11) is 0. The van der Waals surface area contributed by atoms with E-state index in [1.165, 1.54) is 12.1 Å². The molecule has 4 atom stereocenters. The first-order chi connectivity index (χ1) is 30.1. The number of rotatable bonds is 13. The van der Waals surface area contributed by atoms with Gasteiger partial charge in [0, 0.05) is 19.0 Å². The van der Waals surface area contributed by atoms with Crippen LogP contribution in [0.25, 0.3) is 11.1 Å². The van der Waals surface area contributed by atoms with Crippen molar-refractivity contribution in [3.63, 3.8) is 0 Å². The molecule has 0 unspecified atom stereocenters. The van der Waals surface area contributed by atoms with Gasteiger partial charge in [-0.1, -0.05) is 109 Å². The highest BCUT2D eigenvalue weighted by Gasteiger charge is 2.39. The Hall–Kier alpha value is -6.38. The molecule has 9 nitrogen and oxygen atoms in total. The van der Waals surface area contributed by atoms with Gasteiger partial charge in [0.05, 0.1) is 21.7 Å². The third kappa shape index (κ3) is 9.41. The van der Waals surface area contributed by atoms with Crippen molar-refractivity contribution in [2.75, 3.05) is 6.61 Å². The molecule has 12 heteroatoms. The number of amides is 1. The lowest BCUT2D eigenvalue weighted by atomic mass is 9.89. The molecule has 2 heterocycles. The lowest BCUT2D eigenvalue weighted by Crippen LogP contribution is -2.55. The lowest BCUT2D eigenvalue weighted by Gasteiger charge is -2.42.